The highest BCUT2D eigenvalue weighted by atomic mass is 32.1. The summed E-state index contributed by atoms with van der Waals surface area (Å²) in [5.41, 5.74) is 15.6. The van der Waals surface area contributed by atoms with Crippen LogP contribution in [-0.2, 0) is 5.41 Å². The summed E-state index contributed by atoms with van der Waals surface area (Å²) in [6, 6.07) is 74.7. The predicted molar refractivity (Wildman–Crippen MR) is 260 cm³/mol. The van der Waals surface area contributed by atoms with Crippen LogP contribution in [0.2, 0.25) is 0 Å². The first-order valence-corrected chi connectivity index (χ1v) is 22.3. The minimum absolute atomic E-state index is 0.594. The van der Waals surface area contributed by atoms with Crippen LogP contribution in [0.25, 0.3) is 104 Å². The van der Waals surface area contributed by atoms with Crippen molar-refractivity contribution in [1.29, 1.82) is 0 Å². The van der Waals surface area contributed by atoms with E-state index < -0.39 is 5.41 Å². The molecule has 1 spiro atoms. The van der Waals surface area contributed by atoms with Gasteiger partial charge < -0.3 is 4.57 Å². The molecule has 1 atom stereocenters. The lowest BCUT2D eigenvalue weighted by atomic mass is 9.65. The molecular weight excluding hydrogens is 785 g/mol. The Hall–Kier alpha value is -7.99. The first kappa shape index (κ1) is 34.7. The zero-order chi connectivity index (χ0) is 41.2. The van der Waals surface area contributed by atoms with E-state index in [4.69, 9.17) is 15.0 Å². The van der Waals surface area contributed by atoms with Crippen molar-refractivity contribution in [1.82, 2.24) is 19.5 Å². The predicted octanol–water partition coefficient (Wildman–Crippen LogP) is 14.7. The first-order valence-electron chi connectivity index (χ1n) is 21.5. The van der Waals surface area contributed by atoms with Gasteiger partial charge in [0, 0.05) is 47.6 Å². The van der Waals surface area contributed by atoms with Gasteiger partial charge in [-0.05, 0) is 68.8 Å². The molecule has 0 saturated carbocycles. The van der Waals surface area contributed by atoms with Crippen molar-refractivity contribution in [3.63, 3.8) is 0 Å². The Labute approximate surface area is 367 Å². The molecule has 0 radical (unpaired) electrons. The maximum absolute atomic E-state index is 5.53. The Bertz CT molecular complexity index is 3880. The van der Waals surface area contributed by atoms with Crippen LogP contribution in [0.1, 0.15) is 22.3 Å². The van der Waals surface area contributed by atoms with E-state index in [2.05, 4.69) is 211 Å². The van der Waals surface area contributed by atoms with Gasteiger partial charge in [-0.15, -0.1) is 11.3 Å². The topological polar surface area (TPSA) is 43.6 Å². The summed E-state index contributed by atoms with van der Waals surface area (Å²) in [4.78, 5) is 16.5. The third-order valence-corrected chi connectivity index (χ3v) is 14.7. The molecule has 14 rings (SSSR count). The molecule has 1 aliphatic heterocycles. The Morgan fingerprint density at radius 1 is 0.365 bits per heavy atom. The van der Waals surface area contributed by atoms with Crippen LogP contribution in [0.3, 0.4) is 0 Å². The fraction of sp³-hybridized carbons (Fsp3) is 0.0172. The van der Waals surface area contributed by atoms with Crippen LogP contribution < -0.4 is 0 Å². The van der Waals surface area contributed by atoms with E-state index in [-0.39, 0.29) is 0 Å². The summed E-state index contributed by atoms with van der Waals surface area (Å²) < 4.78 is 4.91. The third kappa shape index (κ3) is 4.66. The number of nitrogens with zero attached hydrogens (tertiary/aromatic N) is 4. The molecule has 0 bridgehead atoms. The van der Waals surface area contributed by atoms with E-state index in [1.165, 1.54) is 75.5 Å². The second-order valence-corrected chi connectivity index (χ2v) is 17.6. The van der Waals surface area contributed by atoms with Crippen molar-refractivity contribution < 1.29 is 0 Å². The van der Waals surface area contributed by atoms with E-state index in [0.717, 1.165) is 33.4 Å². The van der Waals surface area contributed by atoms with E-state index in [1.807, 2.05) is 0 Å². The van der Waals surface area contributed by atoms with Gasteiger partial charge in [-0.3, -0.25) is 0 Å². The van der Waals surface area contributed by atoms with Gasteiger partial charge in [0.05, 0.1) is 22.1 Å². The number of fused-ring (bicyclic) bond motifs is 15. The SMILES string of the molecule is c1ccc(-c2ccccc2-c2nc(-c3cccc4c3-c3ccccc3C43c4ccccc4-n4c5ccccc5c5cccc3c54)nc(-c3cccc4c3sc3ccccc34)n2)cc1. The molecule has 4 nitrogen and oxygen atoms in total. The van der Waals surface area contributed by atoms with Gasteiger partial charge in [0.15, 0.2) is 17.5 Å². The number of aromatic nitrogens is 4. The van der Waals surface area contributed by atoms with Gasteiger partial charge in [-0.2, -0.15) is 0 Å². The highest BCUT2D eigenvalue weighted by molar-refractivity contribution is 7.26. The lowest BCUT2D eigenvalue weighted by molar-refractivity contribution is 0.748. The van der Waals surface area contributed by atoms with Gasteiger partial charge >= 0.3 is 0 Å². The summed E-state index contributed by atoms with van der Waals surface area (Å²) in [5.74, 6) is 1.95. The highest BCUT2D eigenvalue weighted by Crippen LogP contribution is 2.62. The van der Waals surface area contributed by atoms with Crippen LogP contribution in [-0.4, -0.2) is 19.5 Å². The Balaban J connectivity index is 1.08. The lowest BCUT2D eigenvalue weighted by Crippen LogP contribution is -2.33. The number of hydrogen-bond acceptors (Lipinski definition) is 4. The van der Waals surface area contributed by atoms with Crippen LogP contribution in [0.15, 0.2) is 206 Å². The summed E-state index contributed by atoms with van der Waals surface area (Å²) in [7, 11) is 0. The minimum atomic E-state index is -0.594. The molecule has 4 heterocycles. The van der Waals surface area contributed by atoms with Gasteiger partial charge in [0.25, 0.3) is 0 Å². The minimum Gasteiger partial charge on any atom is -0.309 e. The van der Waals surface area contributed by atoms with Crippen LogP contribution >= 0.6 is 11.3 Å². The maximum Gasteiger partial charge on any atom is 0.165 e. The van der Waals surface area contributed by atoms with Gasteiger partial charge in [0.2, 0.25) is 0 Å². The number of benzene rings is 9. The number of hydrogen-bond donors (Lipinski definition) is 0. The fourth-order valence-electron chi connectivity index (χ4n) is 11.0. The second-order valence-electron chi connectivity index (χ2n) is 16.6. The van der Waals surface area contributed by atoms with Crippen molar-refractivity contribution in [2.45, 2.75) is 5.41 Å². The summed E-state index contributed by atoms with van der Waals surface area (Å²) >= 11 is 1.80. The van der Waals surface area contributed by atoms with Crippen LogP contribution in [0.4, 0.5) is 0 Å². The molecule has 12 aromatic rings. The van der Waals surface area contributed by atoms with Gasteiger partial charge in [0.1, 0.15) is 0 Å². The fourth-order valence-corrected chi connectivity index (χ4v) is 12.2. The van der Waals surface area contributed by atoms with E-state index in [9.17, 15) is 0 Å². The number of para-hydroxylation sites is 3. The van der Waals surface area contributed by atoms with Crippen LogP contribution in [0.5, 0.6) is 0 Å². The molecule has 63 heavy (non-hydrogen) atoms. The smallest absolute Gasteiger partial charge is 0.165 e. The highest BCUT2D eigenvalue weighted by Gasteiger charge is 2.51. The van der Waals surface area contributed by atoms with E-state index >= 15 is 0 Å². The van der Waals surface area contributed by atoms with Crippen molar-refractivity contribution in [3.8, 4) is 62.1 Å². The average molecular weight is 819 g/mol. The lowest BCUT2D eigenvalue weighted by Gasteiger charge is -2.39. The molecule has 5 heteroatoms. The van der Waals surface area contributed by atoms with E-state index in [1.54, 1.807) is 11.3 Å². The first-order chi connectivity index (χ1) is 31.3. The van der Waals surface area contributed by atoms with Crippen molar-refractivity contribution in [2.24, 2.45) is 0 Å². The molecular formula is C58H34N4S. The molecule has 1 aliphatic carbocycles. The average Bonchev–Trinajstić information content (AvgIpc) is 4.01. The molecule has 0 saturated heterocycles. The summed E-state index contributed by atoms with van der Waals surface area (Å²) in [6.45, 7) is 0. The molecule has 0 amide bonds. The quantitative estimate of drug-likeness (QED) is 0.178. The molecule has 0 N–H and O–H groups in total. The second kappa shape index (κ2) is 13.0. The number of rotatable bonds is 4. The maximum atomic E-state index is 5.53. The van der Waals surface area contributed by atoms with E-state index in [0.29, 0.717) is 17.5 Å². The van der Waals surface area contributed by atoms with Gasteiger partial charge in [-0.25, -0.2) is 15.0 Å². The Kier molecular flexibility index (Phi) is 7.16. The standard InChI is InChI=1S/C58H34N4S/c1-2-17-35(18-3-1)36-19-4-5-22-41(36)55-59-56(61-57(60-55)44-27-14-25-40-38-21-8-13-34-51(38)63-54(40)44)43-26-16-30-47-52(43)42-23-6-9-28-45(42)58(47)46-29-10-12-33-50(46)62-49-32-11-7-20-37(49)39-24-15-31-48(58)53(39)62/h1-34H. The van der Waals surface area contributed by atoms with Crippen molar-refractivity contribution in [3.05, 3.63) is 229 Å². The van der Waals surface area contributed by atoms with Crippen molar-refractivity contribution in [2.75, 3.05) is 0 Å². The summed E-state index contributed by atoms with van der Waals surface area (Å²) in [5, 5.41) is 4.97. The Morgan fingerprint density at radius 2 is 0.921 bits per heavy atom. The zero-order valence-electron chi connectivity index (χ0n) is 33.8. The largest absolute Gasteiger partial charge is 0.309 e. The third-order valence-electron chi connectivity index (χ3n) is 13.5. The zero-order valence-corrected chi connectivity index (χ0v) is 34.6. The summed E-state index contributed by atoms with van der Waals surface area (Å²) in [6.07, 6.45) is 0. The molecule has 9 aromatic carbocycles. The number of thiophene rings is 1. The molecule has 2 aliphatic rings. The molecule has 0 fully saturated rings. The molecule has 292 valence electrons. The van der Waals surface area contributed by atoms with Gasteiger partial charge in [-0.1, -0.05) is 182 Å². The molecule has 1 unspecified atom stereocenters. The normalized spacial score (nSPS) is 14.7. The Morgan fingerprint density at radius 3 is 1.79 bits per heavy atom. The van der Waals surface area contributed by atoms with Crippen LogP contribution in [0, 0.1) is 0 Å². The monoisotopic (exact) mass is 818 g/mol. The van der Waals surface area contributed by atoms with Crippen molar-refractivity contribution >= 4 is 53.3 Å². The molecule has 3 aromatic heterocycles.